The van der Waals surface area contributed by atoms with Crippen molar-refractivity contribution in [2.75, 3.05) is 6.54 Å². The molecule has 0 heterocycles. The summed E-state index contributed by atoms with van der Waals surface area (Å²) in [6, 6.07) is 5.73. The Kier molecular flexibility index (Phi) is 5.30. The Morgan fingerprint density at radius 1 is 1.14 bits per heavy atom. The van der Waals surface area contributed by atoms with Gasteiger partial charge in [0.2, 0.25) is 0 Å². The minimum Gasteiger partial charge on any atom is -0.306 e. The van der Waals surface area contributed by atoms with Gasteiger partial charge < -0.3 is 5.32 Å². The van der Waals surface area contributed by atoms with Crippen LogP contribution < -0.4 is 5.32 Å². The summed E-state index contributed by atoms with van der Waals surface area (Å²) in [7, 11) is 0. The van der Waals surface area contributed by atoms with E-state index < -0.39 is 23.5 Å². The molecule has 2 rings (SSSR count). The Hall–Kier alpha value is -1.04. The summed E-state index contributed by atoms with van der Waals surface area (Å²) < 4.78 is 41.4. The van der Waals surface area contributed by atoms with Crippen molar-refractivity contribution in [3.63, 3.8) is 0 Å². The number of rotatable bonds is 4. The predicted molar refractivity (Wildman–Crippen MR) is 81.0 cm³/mol. The third-order valence-corrected chi connectivity index (χ3v) is 4.07. The molecule has 0 amide bonds. The van der Waals surface area contributed by atoms with Crippen molar-refractivity contribution in [1.29, 1.82) is 0 Å². The molecule has 0 aliphatic rings. The molecule has 0 aliphatic carbocycles. The normalized spacial score (nSPS) is 12.5. The van der Waals surface area contributed by atoms with Crippen molar-refractivity contribution >= 4 is 27.5 Å². The highest BCUT2D eigenvalue weighted by molar-refractivity contribution is 9.10. The fraction of sp³-hybridized carbons (Fsp3) is 0.200. The number of benzene rings is 2. The average molecular weight is 379 g/mol. The van der Waals surface area contributed by atoms with E-state index in [-0.39, 0.29) is 10.6 Å². The Balaban J connectivity index is 2.62. The second kappa shape index (κ2) is 6.81. The van der Waals surface area contributed by atoms with Crippen LogP contribution in [0.3, 0.4) is 0 Å². The van der Waals surface area contributed by atoms with Crippen LogP contribution in [0.1, 0.15) is 24.1 Å². The van der Waals surface area contributed by atoms with Crippen molar-refractivity contribution < 1.29 is 13.2 Å². The van der Waals surface area contributed by atoms with E-state index in [4.69, 9.17) is 11.6 Å². The van der Waals surface area contributed by atoms with Crippen molar-refractivity contribution in [3.8, 4) is 0 Å². The van der Waals surface area contributed by atoms with Crippen LogP contribution in [0.4, 0.5) is 13.2 Å². The molecule has 21 heavy (non-hydrogen) atoms. The first kappa shape index (κ1) is 16.3. The van der Waals surface area contributed by atoms with Gasteiger partial charge >= 0.3 is 0 Å². The Labute approximate surface area is 134 Å². The molecule has 1 unspecified atom stereocenters. The minimum atomic E-state index is -1.04. The van der Waals surface area contributed by atoms with Crippen molar-refractivity contribution in [2.45, 2.75) is 13.0 Å². The molecule has 0 aromatic heterocycles. The van der Waals surface area contributed by atoms with Gasteiger partial charge in [-0.05, 0) is 36.4 Å². The highest BCUT2D eigenvalue weighted by Gasteiger charge is 2.23. The van der Waals surface area contributed by atoms with Gasteiger partial charge in [0.15, 0.2) is 11.6 Å². The highest BCUT2D eigenvalue weighted by atomic mass is 79.9. The molecule has 0 fully saturated rings. The molecule has 6 heteroatoms. The average Bonchev–Trinajstić information content (AvgIpc) is 2.42. The third-order valence-electron chi connectivity index (χ3n) is 3.05. The van der Waals surface area contributed by atoms with Crippen molar-refractivity contribution in [1.82, 2.24) is 5.32 Å². The quantitative estimate of drug-likeness (QED) is 0.719. The van der Waals surface area contributed by atoms with Gasteiger partial charge in [0.1, 0.15) is 5.82 Å². The van der Waals surface area contributed by atoms with Crippen LogP contribution in [0.25, 0.3) is 0 Å². The molecule has 112 valence electrons. The number of hydrogen-bond donors (Lipinski definition) is 1. The maximum absolute atomic E-state index is 14.1. The van der Waals surface area contributed by atoms with E-state index in [0.717, 1.165) is 12.1 Å². The van der Waals surface area contributed by atoms with Gasteiger partial charge in [-0.1, -0.05) is 40.5 Å². The first-order chi connectivity index (χ1) is 9.95. The summed E-state index contributed by atoms with van der Waals surface area (Å²) in [6.07, 6.45) is 0. The summed E-state index contributed by atoms with van der Waals surface area (Å²) >= 11 is 9.28. The molecule has 1 N–H and O–H groups in total. The van der Waals surface area contributed by atoms with Gasteiger partial charge in [0, 0.05) is 15.1 Å². The lowest BCUT2D eigenvalue weighted by Crippen LogP contribution is -2.24. The van der Waals surface area contributed by atoms with E-state index in [0.29, 0.717) is 16.6 Å². The van der Waals surface area contributed by atoms with Crippen LogP contribution in [-0.4, -0.2) is 6.54 Å². The lowest BCUT2D eigenvalue weighted by atomic mass is 9.97. The monoisotopic (exact) mass is 377 g/mol. The Bertz CT molecular complexity index is 643. The second-order valence-corrected chi connectivity index (χ2v) is 5.68. The van der Waals surface area contributed by atoms with Gasteiger partial charge in [-0.25, -0.2) is 13.2 Å². The summed E-state index contributed by atoms with van der Waals surface area (Å²) in [5, 5.41) is 3.08. The molecule has 2 aromatic rings. The zero-order chi connectivity index (χ0) is 15.6. The highest BCUT2D eigenvalue weighted by Crippen LogP contribution is 2.35. The van der Waals surface area contributed by atoms with E-state index in [1.807, 2.05) is 6.92 Å². The van der Waals surface area contributed by atoms with E-state index in [2.05, 4.69) is 21.2 Å². The number of halogens is 5. The molecule has 0 spiro atoms. The summed E-state index contributed by atoms with van der Waals surface area (Å²) in [5.41, 5.74) is 0.579. The van der Waals surface area contributed by atoms with Crippen LogP contribution in [0.15, 0.2) is 34.8 Å². The third kappa shape index (κ3) is 3.42. The van der Waals surface area contributed by atoms with Crippen LogP contribution in [-0.2, 0) is 0 Å². The molecule has 0 radical (unpaired) electrons. The minimum absolute atomic E-state index is 0.0370. The van der Waals surface area contributed by atoms with E-state index in [1.165, 1.54) is 6.07 Å². The molecule has 0 saturated carbocycles. The van der Waals surface area contributed by atoms with E-state index in [1.54, 1.807) is 12.1 Å². The molecular weight excluding hydrogens is 367 g/mol. The zero-order valence-corrected chi connectivity index (χ0v) is 13.4. The molecule has 1 nitrogen and oxygen atoms in total. The smallest absolute Gasteiger partial charge is 0.160 e. The van der Waals surface area contributed by atoms with Gasteiger partial charge in [-0.15, -0.1) is 0 Å². The first-order valence-electron chi connectivity index (χ1n) is 6.27. The predicted octanol–water partition coefficient (Wildman–Crippen LogP) is 5.22. The molecule has 0 aliphatic heterocycles. The standard InChI is InChI=1S/C15H12BrClF3N/c1-2-21-15(14-9(16)4-3-5-11(14)18)8-6-12(19)13(20)7-10(8)17/h3-7,15,21H,2H2,1H3. The molecule has 1 atom stereocenters. The van der Waals surface area contributed by atoms with E-state index in [9.17, 15) is 13.2 Å². The lowest BCUT2D eigenvalue weighted by molar-refractivity contribution is 0.501. The molecule has 0 bridgehead atoms. The fourth-order valence-corrected chi connectivity index (χ4v) is 2.95. The SMILES string of the molecule is CCNC(c1cc(F)c(F)cc1Cl)c1c(F)cccc1Br. The molecule has 2 aromatic carbocycles. The first-order valence-corrected chi connectivity index (χ1v) is 7.44. The summed E-state index contributed by atoms with van der Waals surface area (Å²) in [5.74, 6) is -2.52. The van der Waals surface area contributed by atoms with Crippen molar-refractivity contribution in [3.05, 3.63) is 68.4 Å². The lowest BCUT2D eigenvalue weighted by Gasteiger charge is -2.22. The number of hydrogen-bond acceptors (Lipinski definition) is 1. The largest absolute Gasteiger partial charge is 0.306 e. The van der Waals surface area contributed by atoms with Crippen molar-refractivity contribution in [2.24, 2.45) is 0 Å². The maximum atomic E-state index is 14.1. The Morgan fingerprint density at radius 3 is 2.43 bits per heavy atom. The van der Waals surface area contributed by atoms with Crippen LogP contribution >= 0.6 is 27.5 Å². The summed E-state index contributed by atoms with van der Waals surface area (Å²) in [6.45, 7) is 2.33. The van der Waals surface area contributed by atoms with Gasteiger partial charge in [0.25, 0.3) is 0 Å². The van der Waals surface area contributed by atoms with Crippen LogP contribution in [0.2, 0.25) is 5.02 Å². The maximum Gasteiger partial charge on any atom is 0.160 e. The number of nitrogens with one attached hydrogen (secondary N) is 1. The Morgan fingerprint density at radius 2 is 1.81 bits per heavy atom. The van der Waals surface area contributed by atoms with Crippen LogP contribution in [0, 0.1) is 17.5 Å². The van der Waals surface area contributed by atoms with Gasteiger partial charge in [-0.2, -0.15) is 0 Å². The van der Waals surface area contributed by atoms with Crippen LogP contribution in [0.5, 0.6) is 0 Å². The fourth-order valence-electron chi connectivity index (χ4n) is 2.12. The summed E-state index contributed by atoms with van der Waals surface area (Å²) in [4.78, 5) is 0. The molecule has 0 saturated heterocycles. The van der Waals surface area contributed by atoms with E-state index >= 15 is 0 Å². The second-order valence-electron chi connectivity index (χ2n) is 4.41. The molecular formula is C15H12BrClF3N. The van der Waals surface area contributed by atoms with Gasteiger partial charge in [0.05, 0.1) is 6.04 Å². The zero-order valence-electron chi connectivity index (χ0n) is 11.1. The topological polar surface area (TPSA) is 12.0 Å². The van der Waals surface area contributed by atoms with Gasteiger partial charge in [-0.3, -0.25) is 0 Å².